The zero-order valence-electron chi connectivity index (χ0n) is 9.51. The molecule has 0 radical (unpaired) electrons. The van der Waals surface area contributed by atoms with E-state index in [4.69, 9.17) is 11.6 Å². The van der Waals surface area contributed by atoms with E-state index in [9.17, 15) is 10.1 Å². The summed E-state index contributed by atoms with van der Waals surface area (Å²) in [5.41, 5.74) is 0. The van der Waals surface area contributed by atoms with E-state index in [-0.39, 0.29) is 10.8 Å². The molecular formula is C10H15ClN4O2. The molecule has 1 aromatic heterocycles. The molecule has 0 aromatic carbocycles. The van der Waals surface area contributed by atoms with E-state index >= 15 is 0 Å². The van der Waals surface area contributed by atoms with Gasteiger partial charge in [-0.25, -0.2) is 0 Å². The highest BCUT2D eigenvalue weighted by Crippen LogP contribution is 2.21. The van der Waals surface area contributed by atoms with Crippen molar-refractivity contribution >= 4 is 17.4 Å². The number of hydrogen-bond donors (Lipinski definition) is 0. The molecular weight excluding hydrogens is 244 g/mol. The van der Waals surface area contributed by atoms with Crippen molar-refractivity contribution in [3.05, 3.63) is 21.3 Å². The Kier molecular flexibility index (Phi) is 3.96. The van der Waals surface area contributed by atoms with Gasteiger partial charge >= 0.3 is 5.82 Å². The molecule has 0 amide bonds. The first kappa shape index (κ1) is 12.3. The normalized spacial score (nSPS) is 16.5. The van der Waals surface area contributed by atoms with Crippen molar-refractivity contribution < 1.29 is 4.92 Å². The molecule has 0 aliphatic carbocycles. The van der Waals surface area contributed by atoms with Gasteiger partial charge in [-0.1, -0.05) is 11.6 Å². The SMILES string of the molecule is O=[N+]([O-])c1nn(CCCN2CCCC2)cc1Cl. The Labute approximate surface area is 104 Å². The molecule has 1 fully saturated rings. The third kappa shape index (κ3) is 3.17. The molecule has 17 heavy (non-hydrogen) atoms. The molecule has 6 nitrogen and oxygen atoms in total. The highest BCUT2D eigenvalue weighted by atomic mass is 35.5. The van der Waals surface area contributed by atoms with Crippen LogP contribution in [0.15, 0.2) is 6.20 Å². The Hall–Kier alpha value is -1.14. The van der Waals surface area contributed by atoms with Crippen LogP contribution in [0.5, 0.6) is 0 Å². The molecule has 1 saturated heterocycles. The van der Waals surface area contributed by atoms with Gasteiger partial charge in [0.2, 0.25) is 0 Å². The summed E-state index contributed by atoms with van der Waals surface area (Å²) < 4.78 is 1.55. The number of hydrogen-bond acceptors (Lipinski definition) is 4. The predicted octanol–water partition coefficient (Wildman–Crippen LogP) is 1.93. The first-order chi connectivity index (χ1) is 8.16. The summed E-state index contributed by atoms with van der Waals surface area (Å²) in [4.78, 5) is 12.4. The van der Waals surface area contributed by atoms with E-state index in [1.807, 2.05) is 0 Å². The van der Waals surface area contributed by atoms with E-state index < -0.39 is 4.92 Å². The minimum atomic E-state index is -0.556. The molecule has 94 valence electrons. The Balaban J connectivity index is 1.82. The second-order valence-corrected chi connectivity index (χ2v) is 4.63. The van der Waals surface area contributed by atoms with Gasteiger partial charge in [0.05, 0.1) is 17.8 Å². The Morgan fingerprint density at radius 2 is 2.12 bits per heavy atom. The first-order valence-electron chi connectivity index (χ1n) is 5.76. The van der Waals surface area contributed by atoms with Gasteiger partial charge in [0.15, 0.2) is 5.02 Å². The van der Waals surface area contributed by atoms with Gasteiger partial charge in [-0.05, 0) is 43.8 Å². The van der Waals surface area contributed by atoms with Gasteiger partial charge in [0.1, 0.15) is 0 Å². The molecule has 0 atom stereocenters. The Bertz CT molecular complexity index is 401. The van der Waals surface area contributed by atoms with Gasteiger partial charge < -0.3 is 15.0 Å². The van der Waals surface area contributed by atoms with Crippen molar-refractivity contribution in [1.29, 1.82) is 0 Å². The summed E-state index contributed by atoms with van der Waals surface area (Å²) in [7, 11) is 0. The largest absolute Gasteiger partial charge is 0.408 e. The number of halogens is 1. The average Bonchev–Trinajstić information content (AvgIpc) is 2.88. The van der Waals surface area contributed by atoms with Gasteiger partial charge in [-0.15, -0.1) is 0 Å². The summed E-state index contributed by atoms with van der Waals surface area (Å²) >= 11 is 5.71. The number of rotatable bonds is 5. The summed E-state index contributed by atoms with van der Waals surface area (Å²) in [6.45, 7) is 4.02. The van der Waals surface area contributed by atoms with Gasteiger partial charge in [0, 0.05) is 0 Å². The molecule has 0 unspecified atom stereocenters. The first-order valence-corrected chi connectivity index (χ1v) is 6.14. The molecule has 1 aromatic rings. The van der Waals surface area contributed by atoms with Crippen LogP contribution < -0.4 is 0 Å². The molecule has 0 N–H and O–H groups in total. The van der Waals surface area contributed by atoms with Crippen LogP contribution in [-0.2, 0) is 6.54 Å². The van der Waals surface area contributed by atoms with Gasteiger partial charge in [-0.3, -0.25) is 0 Å². The van der Waals surface area contributed by atoms with E-state index in [1.54, 1.807) is 4.68 Å². The smallest absolute Gasteiger partial charge is 0.358 e. The van der Waals surface area contributed by atoms with E-state index in [2.05, 4.69) is 10.00 Å². The zero-order chi connectivity index (χ0) is 12.3. The highest BCUT2D eigenvalue weighted by Gasteiger charge is 2.19. The summed E-state index contributed by atoms with van der Waals surface area (Å²) in [5, 5.41) is 14.5. The standard InChI is InChI=1S/C10H15ClN4O2/c11-9-8-14(12-10(9)15(16)17)7-3-6-13-4-1-2-5-13/h8H,1-7H2. The Morgan fingerprint density at radius 3 is 2.71 bits per heavy atom. The van der Waals surface area contributed by atoms with Crippen molar-refractivity contribution in [3.8, 4) is 0 Å². The van der Waals surface area contributed by atoms with Crippen molar-refractivity contribution in [3.63, 3.8) is 0 Å². The fourth-order valence-corrected chi connectivity index (χ4v) is 2.31. The van der Waals surface area contributed by atoms with Crippen molar-refractivity contribution in [2.45, 2.75) is 25.8 Å². The third-order valence-electron chi connectivity index (χ3n) is 2.93. The van der Waals surface area contributed by atoms with Crippen LogP contribution in [0.2, 0.25) is 5.02 Å². The lowest BCUT2D eigenvalue weighted by Gasteiger charge is -2.12. The number of aromatic nitrogens is 2. The minimum absolute atomic E-state index is 0.108. The maximum Gasteiger partial charge on any atom is 0.408 e. The molecule has 1 aliphatic rings. The lowest BCUT2D eigenvalue weighted by atomic mass is 10.4. The minimum Gasteiger partial charge on any atom is -0.358 e. The lowest BCUT2D eigenvalue weighted by Crippen LogP contribution is -2.21. The van der Waals surface area contributed by atoms with E-state index in [0.717, 1.165) is 13.0 Å². The molecule has 0 saturated carbocycles. The molecule has 2 rings (SSSR count). The van der Waals surface area contributed by atoms with Crippen LogP contribution in [0.1, 0.15) is 19.3 Å². The maximum atomic E-state index is 10.6. The Morgan fingerprint density at radius 1 is 1.41 bits per heavy atom. The molecule has 0 spiro atoms. The van der Waals surface area contributed by atoms with Crippen molar-refractivity contribution in [2.24, 2.45) is 0 Å². The number of nitrogens with zero attached hydrogens (tertiary/aromatic N) is 4. The second-order valence-electron chi connectivity index (χ2n) is 4.22. The van der Waals surface area contributed by atoms with Crippen molar-refractivity contribution in [1.82, 2.24) is 14.7 Å². The van der Waals surface area contributed by atoms with Gasteiger partial charge in [0.25, 0.3) is 0 Å². The molecule has 1 aliphatic heterocycles. The number of nitro groups is 1. The van der Waals surface area contributed by atoms with E-state index in [1.165, 1.54) is 32.1 Å². The topological polar surface area (TPSA) is 64.2 Å². The van der Waals surface area contributed by atoms with Crippen LogP contribution >= 0.6 is 11.6 Å². The van der Waals surface area contributed by atoms with Crippen LogP contribution in [0, 0.1) is 10.1 Å². The lowest BCUT2D eigenvalue weighted by molar-refractivity contribution is -0.389. The monoisotopic (exact) mass is 258 g/mol. The molecule has 2 heterocycles. The average molecular weight is 259 g/mol. The summed E-state index contributed by atoms with van der Waals surface area (Å²) in [6.07, 6.45) is 5.01. The summed E-state index contributed by atoms with van der Waals surface area (Å²) in [6, 6.07) is 0. The van der Waals surface area contributed by atoms with Crippen LogP contribution in [-0.4, -0.2) is 39.2 Å². The third-order valence-corrected chi connectivity index (χ3v) is 3.20. The number of likely N-dealkylation sites (tertiary alicyclic amines) is 1. The predicted molar refractivity (Wildman–Crippen MR) is 64.2 cm³/mol. The zero-order valence-corrected chi connectivity index (χ0v) is 10.3. The second kappa shape index (κ2) is 5.46. The van der Waals surface area contributed by atoms with Crippen molar-refractivity contribution in [2.75, 3.05) is 19.6 Å². The van der Waals surface area contributed by atoms with Gasteiger partial charge in [-0.2, -0.15) is 4.68 Å². The number of aryl methyl sites for hydroxylation is 1. The fraction of sp³-hybridized carbons (Fsp3) is 0.700. The van der Waals surface area contributed by atoms with Crippen LogP contribution in [0.3, 0.4) is 0 Å². The molecule has 7 heteroatoms. The van der Waals surface area contributed by atoms with Crippen LogP contribution in [0.25, 0.3) is 0 Å². The maximum absolute atomic E-state index is 10.6. The summed E-state index contributed by atoms with van der Waals surface area (Å²) in [5.74, 6) is -0.257. The fourth-order valence-electron chi connectivity index (χ4n) is 2.09. The van der Waals surface area contributed by atoms with E-state index in [0.29, 0.717) is 6.54 Å². The quantitative estimate of drug-likeness (QED) is 0.598. The molecule has 0 bridgehead atoms. The van der Waals surface area contributed by atoms with Crippen LogP contribution in [0.4, 0.5) is 5.82 Å². The highest BCUT2D eigenvalue weighted by molar-refractivity contribution is 6.32.